The molecule has 0 atom stereocenters. The molecule has 0 unspecified atom stereocenters. The van der Waals surface area contributed by atoms with Gasteiger partial charge in [-0.15, -0.1) is 0 Å². The molecule has 1 heterocycles. The number of carbonyl (C=O) groups is 1. The minimum atomic E-state index is -0.498. The van der Waals surface area contributed by atoms with Crippen LogP contribution in [0.1, 0.15) is 12.8 Å². The smallest absolute Gasteiger partial charge is 0.260 e. The molecule has 1 aromatic carbocycles. The summed E-state index contributed by atoms with van der Waals surface area (Å²) < 4.78 is 18.4. The number of hydrogen-bond acceptors (Lipinski definition) is 3. The topological polar surface area (TPSA) is 41.6 Å². The van der Waals surface area contributed by atoms with Gasteiger partial charge in [0.15, 0.2) is 6.61 Å². The first kappa shape index (κ1) is 16.0. The van der Waals surface area contributed by atoms with Crippen molar-refractivity contribution in [2.24, 2.45) is 5.92 Å². The summed E-state index contributed by atoms with van der Waals surface area (Å²) in [4.78, 5) is 13.9. The second-order valence-electron chi connectivity index (χ2n) is 5.25. The molecule has 6 heteroatoms. The third kappa shape index (κ3) is 4.58. The highest BCUT2D eigenvalue weighted by Gasteiger charge is 2.22. The molecule has 0 spiro atoms. The van der Waals surface area contributed by atoms with Gasteiger partial charge in [0.25, 0.3) is 5.91 Å². The van der Waals surface area contributed by atoms with E-state index in [1.807, 2.05) is 11.9 Å². The Morgan fingerprint density at radius 3 is 2.81 bits per heavy atom. The molecule has 0 bridgehead atoms. The summed E-state index contributed by atoms with van der Waals surface area (Å²) in [7, 11) is 1.94. The van der Waals surface area contributed by atoms with Crippen LogP contribution in [0.15, 0.2) is 18.2 Å². The minimum Gasteiger partial charge on any atom is -0.484 e. The van der Waals surface area contributed by atoms with Crippen LogP contribution in [0.25, 0.3) is 0 Å². The molecule has 21 heavy (non-hydrogen) atoms. The Morgan fingerprint density at radius 1 is 1.48 bits per heavy atom. The Hall–Kier alpha value is -1.33. The van der Waals surface area contributed by atoms with Crippen molar-refractivity contribution in [1.82, 2.24) is 10.2 Å². The first-order valence-electron chi connectivity index (χ1n) is 7.10. The van der Waals surface area contributed by atoms with Gasteiger partial charge in [0, 0.05) is 19.2 Å². The number of nitrogens with zero attached hydrogens (tertiary/aromatic N) is 1. The molecule has 116 valence electrons. The molecular weight excluding hydrogens is 295 g/mol. The molecule has 1 saturated heterocycles. The van der Waals surface area contributed by atoms with E-state index in [2.05, 4.69) is 5.32 Å². The number of carbonyl (C=O) groups excluding carboxylic acids is 1. The quantitative estimate of drug-likeness (QED) is 0.907. The molecular formula is C15H20ClFN2O2. The first-order chi connectivity index (χ1) is 10.1. The van der Waals surface area contributed by atoms with Crippen LogP contribution in [0.5, 0.6) is 5.75 Å². The molecule has 0 saturated carbocycles. The first-order valence-corrected chi connectivity index (χ1v) is 7.48. The number of nitrogens with one attached hydrogen (secondary N) is 1. The highest BCUT2D eigenvalue weighted by atomic mass is 35.5. The van der Waals surface area contributed by atoms with E-state index in [1.54, 1.807) is 0 Å². The largest absolute Gasteiger partial charge is 0.484 e. The van der Waals surface area contributed by atoms with Gasteiger partial charge in [0.1, 0.15) is 11.6 Å². The number of halogens is 2. The van der Waals surface area contributed by atoms with E-state index >= 15 is 0 Å². The van der Waals surface area contributed by atoms with Crippen LogP contribution < -0.4 is 10.1 Å². The zero-order chi connectivity index (χ0) is 15.2. The Kier molecular flexibility index (Phi) is 5.82. The predicted octanol–water partition coefficient (Wildman–Crippen LogP) is 2.32. The summed E-state index contributed by atoms with van der Waals surface area (Å²) in [6, 6.07) is 4.07. The highest BCUT2D eigenvalue weighted by Crippen LogP contribution is 2.21. The molecule has 1 aliphatic heterocycles. The number of piperidine rings is 1. The molecule has 1 N–H and O–H groups in total. The fourth-order valence-corrected chi connectivity index (χ4v) is 2.65. The Balaban J connectivity index is 1.78. The summed E-state index contributed by atoms with van der Waals surface area (Å²) in [5.74, 6) is 0.496. The number of benzene rings is 1. The van der Waals surface area contributed by atoms with Crippen molar-refractivity contribution in [1.29, 1.82) is 0 Å². The minimum absolute atomic E-state index is 0.00664. The number of ether oxygens (including phenoxy) is 1. The zero-order valence-corrected chi connectivity index (χ0v) is 12.8. The summed E-state index contributed by atoms with van der Waals surface area (Å²) >= 11 is 5.67. The van der Waals surface area contributed by atoms with Gasteiger partial charge in [0.2, 0.25) is 0 Å². The van der Waals surface area contributed by atoms with Crippen molar-refractivity contribution in [2.45, 2.75) is 12.8 Å². The zero-order valence-electron chi connectivity index (χ0n) is 12.1. The summed E-state index contributed by atoms with van der Waals surface area (Å²) in [6.07, 6.45) is 2.02. The molecule has 1 fully saturated rings. The molecule has 1 aromatic rings. The van der Waals surface area contributed by atoms with E-state index in [-0.39, 0.29) is 17.5 Å². The van der Waals surface area contributed by atoms with Crippen molar-refractivity contribution < 1.29 is 13.9 Å². The maximum absolute atomic E-state index is 13.0. The van der Waals surface area contributed by atoms with Gasteiger partial charge in [0.05, 0.1) is 5.02 Å². The van der Waals surface area contributed by atoms with E-state index in [0.717, 1.165) is 32.5 Å². The maximum Gasteiger partial charge on any atom is 0.260 e. The van der Waals surface area contributed by atoms with Gasteiger partial charge < -0.3 is 15.0 Å². The van der Waals surface area contributed by atoms with Crippen LogP contribution in [0.4, 0.5) is 4.39 Å². The number of amides is 1. The van der Waals surface area contributed by atoms with Crippen molar-refractivity contribution >= 4 is 17.5 Å². The second kappa shape index (κ2) is 7.61. The Labute approximate surface area is 129 Å². The van der Waals surface area contributed by atoms with Crippen LogP contribution in [-0.2, 0) is 4.79 Å². The Bertz CT molecular complexity index is 491. The SMILES string of the molecule is CNCC1CCN(C(=O)COc2ccc(F)c(Cl)c2)CC1. The van der Waals surface area contributed by atoms with Gasteiger partial charge in [-0.05, 0) is 44.5 Å². The summed E-state index contributed by atoms with van der Waals surface area (Å²) in [5.41, 5.74) is 0. The molecule has 1 amide bonds. The highest BCUT2D eigenvalue weighted by molar-refractivity contribution is 6.30. The van der Waals surface area contributed by atoms with E-state index in [4.69, 9.17) is 16.3 Å². The predicted molar refractivity (Wildman–Crippen MR) is 80.1 cm³/mol. The summed E-state index contributed by atoms with van der Waals surface area (Å²) in [6.45, 7) is 2.47. The van der Waals surface area contributed by atoms with Crippen molar-refractivity contribution in [3.63, 3.8) is 0 Å². The van der Waals surface area contributed by atoms with Gasteiger partial charge in [-0.3, -0.25) is 4.79 Å². The Morgan fingerprint density at radius 2 is 2.19 bits per heavy atom. The van der Waals surface area contributed by atoms with Crippen molar-refractivity contribution in [3.8, 4) is 5.75 Å². The molecule has 4 nitrogen and oxygen atoms in total. The van der Waals surface area contributed by atoms with Gasteiger partial charge in [-0.1, -0.05) is 11.6 Å². The fourth-order valence-electron chi connectivity index (χ4n) is 2.48. The average Bonchev–Trinajstić information content (AvgIpc) is 2.49. The summed E-state index contributed by atoms with van der Waals surface area (Å²) in [5, 5.41) is 3.16. The third-order valence-electron chi connectivity index (χ3n) is 3.71. The molecule has 0 radical (unpaired) electrons. The normalized spacial score (nSPS) is 16.0. The van der Waals surface area contributed by atoms with Crippen LogP contribution >= 0.6 is 11.6 Å². The second-order valence-corrected chi connectivity index (χ2v) is 5.65. The van der Waals surface area contributed by atoms with Crippen LogP contribution in [0, 0.1) is 11.7 Å². The van der Waals surface area contributed by atoms with Gasteiger partial charge >= 0.3 is 0 Å². The third-order valence-corrected chi connectivity index (χ3v) is 4.00. The lowest BCUT2D eigenvalue weighted by Gasteiger charge is -2.31. The van der Waals surface area contributed by atoms with E-state index in [1.165, 1.54) is 18.2 Å². The lowest BCUT2D eigenvalue weighted by molar-refractivity contribution is -0.134. The van der Waals surface area contributed by atoms with Crippen molar-refractivity contribution in [2.75, 3.05) is 33.3 Å². The van der Waals surface area contributed by atoms with Crippen molar-refractivity contribution in [3.05, 3.63) is 29.0 Å². The monoisotopic (exact) mass is 314 g/mol. The maximum atomic E-state index is 13.0. The number of rotatable bonds is 5. The fraction of sp³-hybridized carbons (Fsp3) is 0.533. The molecule has 0 aliphatic carbocycles. The molecule has 0 aromatic heterocycles. The van der Waals surface area contributed by atoms with E-state index < -0.39 is 5.82 Å². The van der Waals surface area contributed by atoms with E-state index in [9.17, 15) is 9.18 Å². The van der Waals surface area contributed by atoms with E-state index in [0.29, 0.717) is 11.7 Å². The van der Waals surface area contributed by atoms with Gasteiger partial charge in [-0.2, -0.15) is 0 Å². The van der Waals surface area contributed by atoms with Gasteiger partial charge in [-0.25, -0.2) is 4.39 Å². The van der Waals surface area contributed by atoms with Crippen LogP contribution in [0.3, 0.4) is 0 Å². The lowest BCUT2D eigenvalue weighted by atomic mass is 9.97. The number of hydrogen-bond donors (Lipinski definition) is 1. The lowest BCUT2D eigenvalue weighted by Crippen LogP contribution is -2.42. The number of likely N-dealkylation sites (tertiary alicyclic amines) is 1. The average molecular weight is 315 g/mol. The standard InChI is InChI=1S/C15H20ClFN2O2/c1-18-9-11-4-6-19(7-5-11)15(20)10-21-12-2-3-14(17)13(16)8-12/h2-3,8,11,18H,4-7,9-10H2,1H3. The van der Waals surface area contributed by atoms with Crippen LogP contribution in [0.2, 0.25) is 5.02 Å². The molecule has 1 aliphatic rings. The van der Waals surface area contributed by atoms with Crippen LogP contribution in [-0.4, -0.2) is 44.1 Å². The molecule has 2 rings (SSSR count).